The molecule has 1 aliphatic heterocycles. The molecule has 2 aromatic rings. The molecule has 1 N–H and O–H groups in total. The fourth-order valence-electron chi connectivity index (χ4n) is 3.00. The number of pyridine rings is 1. The number of benzene rings is 1. The summed E-state index contributed by atoms with van der Waals surface area (Å²) in [4.78, 5) is 18.2. The number of nitrogens with one attached hydrogen (secondary N) is 1. The summed E-state index contributed by atoms with van der Waals surface area (Å²) >= 11 is 6.44. The summed E-state index contributed by atoms with van der Waals surface area (Å²) in [6.45, 7) is 6.41. The lowest BCUT2D eigenvalue weighted by Gasteiger charge is -2.40. The summed E-state index contributed by atoms with van der Waals surface area (Å²) in [6, 6.07) is 9.06. The minimum Gasteiger partial charge on any atom is -0.365 e. The second kappa shape index (κ2) is 6.92. The van der Waals surface area contributed by atoms with Gasteiger partial charge in [-0.05, 0) is 50.6 Å². The van der Waals surface area contributed by atoms with Crippen LogP contribution in [0.2, 0.25) is 5.02 Å². The first kappa shape index (κ1) is 18.1. The van der Waals surface area contributed by atoms with Crippen LogP contribution in [0.1, 0.15) is 42.4 Å². The predicted molar refractivity (Wildman–Crippen MR) is 107 cm³/mol. The molecule has 1 amide bonds. The number of fused-ring (bicyclic) bond motifs is 1. The SMILES string of the molecule is CC1=CC(C)(C)N(C)c2cc(Cl)c(/C=N/NC(=O)c3ccccn3)cc21. The second-order valence-electron chi connectivity index (χ2n) is 6.85. The van der Waals surface area contributed by atoms with E-state index in [1.165, 1.54) is 5.57 Å². The van der Waals surface area contributed by atoms with E-state index in [-0.39, 0.29) is 11.4 Å². The minimum absolute atomic E-state index is 0.0767. The van der Waals surface area contributed by atoms with Crippen LogP contribution in [0.15, 0.2) is 47.7 Å². The Bertz CT molecular complexity index is 904. The Morgan fingerprint density at radius 2 is 2.12 bits per heavy atom. The van der Waals surface area contributed by atoms with Gasteiger partial charge >= 0.3 is 0 Å². The molecule has 0 unspecified atom stereocenters. The van der Waals surface area contributed by atoms with E-state index in [2.05, 4.69) is 54.3 Å². The third-order valence-corrected chi connectivity index (χ3v) is 4.93. The standard InChI is InChI=1S/C20H21ClN4O/c1-13-11-20(2,3)25(4)18-10-16(21)14(9-15(13)18)12-23-24-19(26)17-7-5-6-8-22-17/h5-12H,1-4H3,(H,24,26)/b23-12+. The molecule has 0 aliphatic carbocycles. The van der Waals surface area contributed by atoms with Crippen LogP contribution in [0.25, 0.3) is 5.57 Å². The van der Waals surface area contributed by atoms with E-state index in [1.54, 1.807) is 30.6 Å². The summed E-state index contributed by atoms with van der Waals surface area (Å²) in [6.07, 6.45) is 5.34. The van der Waals surface area contributed by atoms with Crippen molar-refractivity contribution in [3.8, 4) is 0 Å². The van der Waals surface area contributed by atoms with Crippen molar-refractivity contribution in [3.63, 3.8) is 0 Å². The van der Waals surface area contributed by atoms with Crippen molar-refractivity contribution in [1.82, 2.24) is 10.4 Å². The number of hydrazone groups is 1. The molecule has 0 saturated heterocycles. The highest BCUT2D eigenvalue weighted by Gasteiger charge is 2.29. The van der Waals surface area contributed by atoms with Crippen LogP contribution >= 0.6 is 11.6 Å². The molecule has 134 valence electrons. The van der Waals surface area contributed by atoms with Gasteiger partial charge < -0.3 is 4.90 Å². The van der Waals surface area contributed by atoms with Gasteiger partial charge in [0, 0.05) is 30.1 Å². The highest BCUT2D eigenvalue weighted by atomic mass is 35.5. The lowest BCUT2D eigenvalue weighted by Crippen LogP contribution is -2.42. The number of nitrogens with zero attached hydrogens (tertiary/aromatic N) is 3. The van der Waals surface area contributed by atoms with Gasteiger partial charge in [0.05, 0.1) is 16.8 Å². The van der Waals surface area contributed by atoms with E-state index < -0.39 is 0 Å². The highest BCUT2D eigenvalue weighted by Crippen LogP contribution is 2.40. The zero-order valence-electron chi connectivity index (χ0n) is 15.2. The van der Waals surface area contributed by atoms with E-state index in [9.17, 15) is 4.79 Å². The van der Waals surface area contributed by atoms with Crippen molar-refractivity contribution < 1.29 is 4.79 Å². The summed E-state index contributed by atoms with van der Waals surface area (Å²) in [5.41, 5.74) is 6.82. The summed E-state index contributed by atoms with van der Waals surface area (Å²) < 4.78 is 0. The Hall–Kier alpha value is -2.66. The van der Waals surface area contributed by atoms with Crippen molar-refractivity contribution in [2.24, 2.45) is 5.10 Å². The maximum Gasteiger partial charge on any atom is 0.289 e. The summed E-state index contributed by atoms with van der Waals surface area (Å²) in [5.74, 6) is -0.367. The average molecular weight is 369 g/mol. The second-order valence-corrected chi connectivity index (χ2v) is 7.25. The van der Waals surface area contributed by atoms with Gasteiger partial charge in [-0.1, -0.05) is 23.7 Å². The third kappa shape index (κ3) is 3.48. The van der Waals surface area contributed by atoms with E-state index in [0.29, 0.717) is 10.7 Å². The number of aromatic nitrogens is 1. The third-order valence-electron chi connectivity index (χ3n) is 4.60. The Kier molecular flexibility index (Phi) is 4.83. The first-order valence-electron chi connectivity index (χ1n) is 8.31. The first-order chi connectivity index (χ1) is 12.3. The molecular weight excluding hydrogens is 348 g/mol. The Balaban J connectivity index is 1.84. The van der Waals surface area contributed by atoms with E-state index in [4.69, 9.17) is 11.6 Å². The van der Waals surface area contributed by atoms with Crippen LogP contribution in [-0.4, -0.2) is 29.7 Å². The van der Waals surface area contributed by atoms with Crippen molar-refractivity contribution in [2.45, 2.75) is 26.3 Å². The zero-order chi connectivity index (χ0) is 18.9. The number of hydrogen-bond acceptors (Lipinski definition) is 4. The van der Waals surface area contributed by atoms with E-state index in [1.807, 2.05) is 12.1 Å². The summed E-state index contributed by atoms with van der Waals surface area (Å²) in [5, 5.41) is 4.60. The zero-order valence-corrected chi connectivity index (χ0v) is 16.0. The smallest absolute Gasteiger partial charge is 0.289 e. The number of amides is 1. The number of halogens is 1. The van der Waals surface area contributed by atoms with Crippen LogP contribution < -0.4 is 10.3 Å². The van der Waals surface area contributed by atoms with Crippen molar-refractivity contribution >= 4 is 35.0 Å². The molecule has 1 aromatic carbocycles. The molecule has 2 heterocycles. The molecule has 0 bridgehead atoms. The molecule has 0 spiro atoms. The number of carbonyl (C=O) groups is 1. The largest absolute Gasteiger partial charge is 0.365 e. The predicted octanol–water partition coefficient (Wildman–Crippen LogP) is 4.13. The topological polar surface area (TPSA) is 57.6 Å². The van der Waals surface area contributed by atoms with Crippen molar-refractivity contribution in [2.75, 3.05) is 11.9 Å². The fraction of sp³-hybridized carbons (Fsp3) is 0.250. The number of anilines is 1. The van der Waals surface area contributed by atoms with Crippen LogP contribution in [0.4, 0.5) is 5.69 Å². The normalized spacial score (nSPS) is 15.6. The Labute approximate surface area is 158 Å². The van der Waals surface area contributed by atoms with Gasteiger partial charge in [0.25, 0.3) is 5.91 Å². The van der Waals surface area contributed by atoms with E-state index in [0.717, 1.165) is 16.8 Å². The van der Waals surface area contributed by atoms with E-state index >= 15 is 0 Å². The number of carbonyl (C=O) groups excluding carboxylic acids is 1. The Morgan fingerprint density at radius 3 is 2.81 bits per heavy atom. The molecule has 0 saturated carbocycles. The summed E-state index contributed by atoms with van der Waals surface area (Å²) in [7, 11) is 2.05. The number of rotatable bonds is 3. The molecule has 3 rings (SSSR count). The van der Waals surface area contributed by atoms with Crippen LogP contribution in [0, 0.1) is 0 Å². The fourth-order valence-corrected chi connectivity index (χ4v) is 3.21. The average Bonchev–Trinajstić information content (AvgIpc) is 2.61. The van der Waals surface area contributed by atoms with Crippen molar-refractivity contribution in [1.29, 1.82) is 0 Å². The molecule has 0 fully saturated rings. The highest BCUT2D eigenvalue weighted by molar-refractivity contribution is 6.33. The molecule has 26 heavy (non-hydrogen) atoms. The lowest BCUT2D eigenvalue weighted by atomic mass is 9.88. The number of likely N-dealkylation sites (N-methyl/N-ethyl adjacent to an activating group) is 1. The van der Waals surface area contributed by atoms with Gasteiger partial charge in [0.15, 0.2) is 0 Å². The maximum atomic E-state index is 12.0. The van der Waals surface area contributed by atoms with Gasteiger partial charge in [0.1, 0.15) is 5.69 Å². The molecule has 6 heteroatoms. The molecule has 0 atom stereocenters. The minimum atomic E-state index is -0.367. The van der Waals surface area contributed by atoms with Gasteiger partial charge in [-0.15, -0.1) is 0 Å². The van der Waals surface area contributed by atoms with Crippen LogP contribution in [0.5, 0.6) is 0 Å². The van der Waals surface area contributed by atoms with Gasteiger partial charge in [-0.2, -0.15) is 5.10 Å². The Morgan fingerprint density at radius 1 is 1.35 bits per heavy atom. The van der Waals surface area contributed by atoms with Crippen LogP contribution in [-0.2, 0) is 0 Å². The van der Waals surface area contributed by atoms with Crippen molar-refractivity contribution in [3.05, 3.63) is 64.4 Å². The quantitative estimate of drug-likeness (QED) is 0.654. The maximum absolute atomic E-state index is 12.0. The lowest BCUT2D eigenvalue weighted by molar-refractivity contribution is 0.0950. The molecule has 5 nitrogen and oxygen atoms in total. The van der Waals surface area contributed by atoms with Gasteiger partial charge in [-0.3, -0.25) is 9.78 Å². The van der Waals surface area contributed by atoms with Crippen LogP contribution in [0.3, 0.4) is 0 Å². The first-order valence-corrected chi connectivity index (χ1v) is 8.69. The number of allylic oxidation sites excluding steroid dienone is 1. The monoisotopic (exact) mass is 368 g/mol. The molecule has 1 aromatic heterocycles. The molecule has 1 aliphatic rings. The molecular formula is C20H21ClN4O. The van der Waals surface area contributed by atoms with Gasteiger partial charge in [0.2, 0.25) is 0 Å². The number of hydrogen-bond donors (Lipinski definition) is 1. The van der Waals surface area contributed by atoms with Gasteiger partial charge in [-0.25, -0.2) is 5.43 Å². The molecule has 0 radical (unpaired) electrons.